The Kier molecular flexibility index (Phi) is 5.29. The minimum atomic E-state index is -2.99. The molecule has 0 aliphatic carbocycles. The van der Waals surface area contributed by atoms with E-state index in [1.165, 1.54) is 6.07 Å². The number of hydrogen-bond donors (Lipinski definition) is 1. The molecule has 0 radical (unpaired) electrons. The fraction of sp³-hybridized carbons (Fsp3) is 0.360. The van der Waals surface area contributed by atoms with Gasteiger partial charge < -0.3 is 19.3 Å². The molecule has 6 nitrogen and oxygen atoms in total. The van der Waals surface area contributed by atoms with Crippen LogP contribution in [0.5, 0.6) is 5.75 Å². The van der Waals surface area contributed by atoms with Crippen LogP contribution in [0, 0.1) is 11.8 Å². The number of amides is 1. The monoisotopic (exact) mass is 451 g/mol. The lowest BCUT2D eigenvalue weighted by Crippen LogP contribution is -2.30. The van der Waals surface area contributed by atoms with Crippen LogP contribution in [0.1, 0.15) is 65.6 Å². The first kappa shape index (κ1) is 21.4. The molecule has 8 heteroatoms. The molecule has 2 unspecified atom stereocenters. The molecular weight excluding hydrogens is 428 g/mol. The summed E-state index contributed by atoms with van der Waals surface area (Å²) in [5.41, 5.74) is 3.22. The summed E-state index contributed by atoms with van der Waals surface area (Å²) < 4.78 is 33.2. The molecule has 170 valence electrons. The van der Waals surface area contributed by atoms with Crippen molar-refractivity contribution < 1.29 is 23.4 Å². The van der Waals surface area contributed by atoms with E-state index in [2.05, 4.69) is 11.8 Å². The van der Waals surface area contributed by atoms with Gasteiger partial charge in [0.05, 0.1) is 29.2 Å². The molecule has 3 atom stereocenters. The summed E-state index contributed by atoms with van der Waals surface area (Å²) in [5.74, 6) is 6.71. The van der Waals surface area contributed by atoms with Gasteiger partial charge in [-0.1, -0.05) is 17.9 Å². The van der Waals surface area contributed by atoms with E-state index in [9.17, 15) is 18.7 Å². The van der Waals surface area contributed by atoms with Gasteiger partial charge in [0.25, 0.3) is 5.91 Å². The third-order valence-electron chi connectivity index (χ3n) is 6.33. The number of fused-ring (bicyclic) bond motifs is 9. The Labute approximate surface area is 189 Å². The number of rotatable bonds is 4. The van der Waals surface area contributed by atoms with Gasteiger partial charge in [0.15, 0.2) is 0 Å². The number of aliphatic hydroxyl groups excluding tert-OH is 1. The summed E-state index contributed by atoms with van der Waals surface area (Å²) >= 11 is 0. The van der Waals surface area contributed by atoms with E-state index in [0.29, 0.717) is 30.4 Å². The fourth-order valence-corrected chi connectivity index (χ4v) is 4.80. The van der Waals surface area contributed by atoms with Crippen molar-refractivity contribution >= 4 is 16.9 Å². The van der Waals surface area contributed by atoms with Crippen molar-refractivity contribution in [1.29, 1.82) is 0 Å². The van der Waals surface area contributed by atoms with Crippen molar-refractivity contribution in [2.75, 3.05) is 7.05 Å². The lowest BCUT2D eigenvalue weighted by Gasteiger charge is -2.24. The van der Waals surface area contributed by atoms with E-state index in [0.717, 1.165) is 22.4 Å². The molecule has 0 saturated heterocycles. The average molecular weight is 451 g/mol. The maximum Gasteiger partial charge on any atom is 0.387 e. The van der Waals surface area contributed by atoms with Crippen LogP contribution in [-0.4, -0.2) is 45.2 Å². The molecule has 0 spiro atoms. The van der Waals surface area contributed by atoms with Gasteiger partial charge in [0.2, 0.25) is 0 Å². The zero-order valence-corrected chi connectivity index (χ0v) is 18.3. The van der Waals surface area contributed by atoms with Crippen LogP contribution >= 0.6 is 0 Å². The highest BCUT2D eigenvalue weighted by Crippen LogP contribution is 2.49. The van der Waals surface area contributed by atoms with Gasteiger partial charge in [-0.2, -0.15) is 8.78 Å². The van der Waals surface area contributed by atoms with E-state index < -0.39 is 12.7 Å². The zero-order chi connectivity index (χ0) is 23.3. The van der Waals surface area contributed by atoms with Crippen LogP contribution in [-0.2, 0) is 0 Å². The minimum absolute atomic E-state index is 0.0127. The Morgan fingerprint density at radius 2 is 2.09 bits per heavy atom. The van der Waals surface area contributed by atoms with Crippen LogP contribution in [0.3, 0.4) is 0 Å². The van der Waals surface area contributed by atoms with Gasteiger partial charge in [0, 0.05) is 36.6 Å². The SMILES string of the molecule is CC(O)CCC#Cc1ccc2nc3n(c2c1)[C@@H]1CC3N(C)C(=O)c2cccc(OC(F)F)c21. The number of aromatic nitrogens is 2. The predicted octanol–water partition coefficient (Wildman–Crippen LogP) is 4.27. The molecule has 3 aromatic rings. The minimum Gasteiger partial charge on any atom is -0.434 e. The van der Waals surface area contributed by atoms with Crippen LogP contribution in [0.4, 0.5) is 8.78 Å². The summed E-state index contributed by atoms with van der Waals surface area (Å²) in [6.07, 6.45) is 1.32. The second-order valence-corrected chi connectivity index (χ2v) is 8.51. The van der Waals surface area contributed by atoms with Crippen LogP contribution < -0.4 is 4.74 Å². The van der Waals surface area contributed by atoms with Crippen molar-refractivity contribution in [2.45, 2.75) is 51.0 Å². The number of hydrogen-bond acceptors (Lipinski definition) is 4. The number of halogens is 2. The van der Waals surface area contributed by atoms with Gasteiger partial charge in [-0.25, -0.2) is 4.98 Å². The second kappa shape index (κ2) is 8.16. The number of ether oxygens (including phenoxy) is 1. The molecule has 1 aromatic heterocycles. The Morgan fingerprint density at radius 3 is 2.85 bits per heavy atom. The van der Waals surface area contributed by atoms with E-state index in [-0.39, 0.29) is 23.7 Å². The predicted molar refractivity (Wildman–Crippen MR) is 118 cm³/mol. The molecule has 1 N–H and O–H groups in total. The quantitative estimate of drug-likeness (QED) is 0.602. The number of imidazole rings is 1. The highest BCUT2D eigenvalue weighted by Gasteiger charge is 2.44. The molecule has 33 heavy (non-hydrogen) atoms. The van der Waals surface area contributed by atoms with Crippen LogP contribution in [0.2, 0.25) is 0 Å². The van der Waals surface area contributed by atoms with E-state index in [1.807, 2.05) is 22.8 Å². The average Bonchev–Trinajstić information content (AvgIpc) is 3.29. The molecule has 0 saturated carbocycles. The first-order valence-electron chi connectivity index (χ1n) is 10.9. The maximum atomic E-state index is 13.2. The van der Waals surface area contributed by atoms with E-state index in [4.69, 9.17) is 9.72 Å². The van der Waals surface area contributed by atoms with Crippen LogP contribution in [0.25, 0.3) is 11.0 Å². The van der Waals surface area contributed by atoms with Gasteiger partial charge in [-0.15, -0.1) is 0 Å². The molecular formula is C25H23F2N3O3. The summed E-state index contributed by atoms with van der Waals surface area (Å²) in [6, 6.07) is 9.77. The largest absolute Gasteiger partial charge is 0.434 e. The standard InChI is InChI=1S/C25H23F2N3O3/c1-14(31)6-3-4-7-15-10-11-17-18(12-15)30-19-13-20(23(30)28-17)29(2)24(32)16-8-5-9-21(22(16)19)33-25(26)27/h5,8-12,14,19-20,25,31H,3,6,13H2,1-2H3/t14?,19-,20?/m1/s1. The number of carbonyl (C=O) groups excluding carboxylic acids is 1. The lowest BCUT2D eigenvalue weighted by atomic mass is 9.97. The summed E-state index contributed by atoms with van der Waals surface area (Å²) in [7, 11) is 1.72. The molecule has 2 aromatic carbocycles. The normalized spacial score (nSPS) is 19.7. The van der Waals surface area contributed by atoms with Crippen molar-refractivity contribution in [1.82, 2.24) is 14.5 Å². The van der Waals surface area contributed by atoms with Crippen molar-refractivity contribution in [3.8, 4) is 17.6 Å². The van der Waals surface area contributed by atoms with Crippen molar-refractivity contribution in [3.05, 3.63) is 58.9 Å². The Morgan fingerprint density at radius 1 is 1.27 bits per heavy atom. The van der Waals surface area contributed by atoms with Gasteiger partial charge in [-0.05, 0) is 43.7 Å². The van der Waals surface area contributed by atoms with Gasteiger partial charge >= 0.3 is 6.61 Å². The van der Waals surface area contributed by atoms with Crippen molar-refractivity contribution in [2.24, 2.45) is 0 Å². The maximum absolute atomic E-state index is 13.2. The second-order valence-electron chi connectivity index (χ2n) is 8.51. The molecule has 2 aliphatic rings. The lowest BCUT2D eigenvalue weighted by molar-refractivity contribution is -0.0507. The van der Waals surface area contributed by atoms with E-state index >= 15 is 0 Å². The van der Waals surface area contributed by atoms with Gasteiger partial charge in [0.1, 0.15) is 11.6 Å². The molecule has 1 amide bonds. The molecule has 0 fully saturated rings. The van der Waals surface area contributed by atoms with Gasteiger partial charge in [-0.3, -0.25) is 4.79 Å². The summed E-state index contributed by atoms with van der Waals surface area (Å²) in [6.45, 7) is -1.26. The number of alkyl halides is 2. The number of benzene rings is 2. The van der Waals surface area contributed by atoms with E-state index in [1.54, 1.807) is 31.0 Å². The first-order chi connectivity index (χ1) is 15.8. The first-order valence-corrected chi connectivity index (χ1v) is 10.9. The Balaban J connectivity index is 1.65. The van der Waals surface area contributed by atoms with Crippen LogP contribution in [0.15, 0.2) is 36.4 Å². The third kappa shape index (κ3) is 3.62. The zero-order valence-electron chi connectivity index (χ0n) is 18.3. The third-order valence-corrected chi connectivity index (χ3v) is 6.33. The Bertz CT molecular complexity index is 1310. The smallest absolute Gasteiger partial charge is 0.387 e. The number of nitrogens with zero attached hydrogens (tertiary/aromatic N) is 3. The summed E-state index contributed by atoms with van der Waals surface area (Å²) in [4.78, 5) is 19.6. The topological polar surface area (TPSA) is 67.6 Å². The fourth-order valence-electron chi connectivity index (χ4n) is 4.80. The number of carbonyl (C=O) groups is 1. The number of aliphatic hydroxyl groups is 1. The summed E-state index contributed by atoms with van der Waals surface area (Å²) in [5, 5.41) is 9.41. The molecule has 2 aliphatic heterocycles. The Hall–Kier alpha value is -3.44. The highest BCUT2D eigenvalue weighted by molar-refractivity contribution is 5.97. The van der Waals surface area contributed by atoms with Crippen molar-refractivity contribution in [3.63, 3.8) is 0 Å². The molecule has 3 heterocycles. The molecule has 5 rings (SSSR count). The highest BCUT2D eigenvalue weighted by atomic mass is 19.3. The molecule has 2 bridgehead atoms.